The van der Waals surface area contributed by atoms with Gasteiger partial charge in [-0.05, 0) is 86.8 Å². The second kappa shape index (κ2) is 8.91. The first-order valence-corrected chi connectivity index (χ1v) is 10.8. The number of nitrogens with zero attached hydrogens (tertiary/aromatic N) is 1. The number of alkyl carbamates (subject to hydrolysis) is 1. The first-order chi connectivity index (χ1) is 15.3. The van der Waals surface area contributed by atoms with Gasteiger partial charge in [0.25, 0.3) is 0 Å². The van der Waals surface area contributed by atoms with Gasteiger partial charge < -0.3 is 19.2 Å². The summed E-state index contributed by atoms with van der Waals surface area (Å²) < 4.78 is 17.0. The van der Waals surface area contributed by atoms with Gasteiger partial charge in [-0.15, -0.1) is 0 Å². The molecule has 0 aliphatic heterocycles. The van der Waals surface area contributed by atoms with Crippen molar-refractivity contribution in [3.63, 3.8) is 0 Å². The molecular formula is C26H28N2O4. The maximum atomic E-state index is 11.6. The zero-order valence-corrected chi connectivity index (χ0v) is 18.9. The first-order valence-electron chi connectivity index (χ1n) is 10.8. The fourth-order valence-corrected chi connectivity index (χ4v) is 3.37. The Kier molecular flexibility index (Phi) is 6.04. The van der Waals surface area contributed by atoms with Crippen molar-refractivity contribution in [2.45, 2.75) is 39.7 Å². The summed E-state index contributed by atoms with van der Waals surface area (Å²) in [5, 5.41) is 4.89. The van der Waals surface area contributed by atoms with Crippen LogP contribution in [-0.4, -0.2) is 29.8 Å². The van der Waals surface area contributed by atoms with Crippen molar-refractivity contribution in [3.05, 3.63) is 60.2 Å². The number of carbonyl (C=O) groups is 1. The molecule has 0 atom stereocenters. The lowest BCUT2D eigenvalue weighted by Gasteiger charge is -2.19. The van der Waals surface area contributed by atoms with Gasteiger partial charge in [0.1, 0.15) is 16.9 Å². The van der Waals surface area contributed by atoms with E-state index in [4.69, 9.17) is 13.9 Å². The van der Waals surface area contributed by atoms with E-state index in [1.54, 1.807) is 0 Å². The Morgan fingerprint density at radius 1 is 1.03 bits per heavy atom. The molecule has 1 heterocycles. The third-order valence-corrected chi connectivity index (χ3v) is 4.86. The number of benzene rings is 3. The molecule has 166 valence electrons. The van der Waals surface area contributed by atoms with Crippen LogP contribution in [0.3, 0.4) is 0 Å². The molecule has 32 heavy (non-hydrogen) atoms. The fraction of sp³-hybridized carbons (Fsp3) is 0.308. The van der Waals surface area contributed by atoms with E-state index in [2.05, 4.69) is 16.4 Å². The quantitative estimate of drug-likeness (QED) is 0.365. The van der Waals surface area contributed by atoms with Crippen LogP contribution in [0.1, 0.15) is 32.8 Å². The third-order valence-electron chi connectivity index (χ3n) is 4.86. The van der Waals surface area contributed by atoms with Crippen LogP contribution in [0.4, 0.5) is 4.79 Å². The number of hydrogen-bond donors (Lipinski definition) is 1. The zero-order chi connectivity index (χ0) is 22.7. The number of nitrogens with one attached hydrogen (secondary N) is 1. The highest BCUT2D eigenvalue weighted by Crippen LogP contribution is 2.29. The number of amides is 1. The normalized spacial score (nSPS) is 11.6. The molecule has 1 amide bonds. The van der Waals surface area contributed by atoms with Gasteiger partial charge in [-0.3, -0.25) is 0 Å². The molecule has 4 aromatic rings. The molecule has 0 unspecified atom stereocenters. The van der Waals surface area contributed by atoms with Gasteiger partial charge in [-0.2, -0.15) is 0 Å². The molecule has 0 radical (unpaired) electrons. The topological polar surface area (TPSA) is 73.6 Å². The number of oxazole rings is 1. The maximum Gasteiger partial charge on any atom is 0.407 e. The lowest BCUT2D eigenvalue weighted by molar-refractivity contribution is 0.0525. The second-order valence-electron chi connectivity index (χ2n) is 8.84. The number of aromatic nitrogens is 1. The molecular weight excluding hydrogens is 404 g/mol. The molecule has 0 fully saturated rings. The number of ether oxygens (including phenoxy) is 2. The fourth-order valence-electron chi connectivity index (χ4n) is 3.37. The summed E-state index contributed by atoms with van der Waals surface area (Å²) >= 11 is 0. The van der Waals surface area contributed by atoms with Crippen LogP contribution in [0, 0.1) is 6.92 Å². The van der Waals surface area contributed by atoms with E-state index >= 15 is 0 Å². The minimum atomic E-state index is -0.495. The van der Waals surface area contributed by atoms with Crippen LogP contribution in [0.15, 0.2) is 59.0 Å². The van der Waals surface area contributed by atoms with Crippen LogP contribution in [-0.2, 0) is 4.74 Å². The number of aryl methyl sites for hydroxylation is 1. The highest BCUT2D eigenvalue weighted by atomic mass is 16.6. The molecule has 0 spiro atoms. The Bertz CT molecular complexity index is 1250. The second-order valence-corrected chi connectivity index (χ2v) is 8.84. The summed E-state index contributed by atoms with van der Waals surface area (Å²) in [5.41, 5.74) is 3.24. The SMILES string of the molecule is Cc1ccc2nc(-c3ccc4cc(OCCCNC(=O)OC(C)(C)C)ccc4c3)oc2c1. The lowest BCUT2D eigenvalue weighted by Crippen LogP contribution is -2.33. The lowest BCUT2D eigenvalue weighted by atomic mass is 10.1. The van der Waals surface area contributed by atoms with Gasteiger partial charge in [0.05, 0.1) is 6.61 Å². The highest BCUT2D eigenvalue weighted by molar-refractivity contribution is 5.88. The highest BCUT2D eigenvalue weighted by Gasteiger charge is 2.15. The van der Waals surface area contributed by atoms with E-state index in [1.807, 2.05) is 76.2 Å². The van der Waals surface area contributed by atoms with Gasteiger partial charge in [0.15, 0.2) is 5.58 Å². The Hall–Kier alpha value is -3.54. The largest absolute Gasteiger partial charge is 0.494 e. The molecule has 0 bridgehead atoms. The zero-order valence-electron chi connectivity index (χ0n) is 18.9. The molecule has 0 aliphatic carbocycles. The van der Waals surface area contributed by atoms with Gasteiger partial charge in [0.2, 0.25) is 5.89 Å². The molecule has 1 N–H and O–H groups in total. The Balaban J connectivity index is 1.36. The molecule has 0 saturated carbocycles. The molecule has 1 aromatic heterocycles. The Morgan fingerprint density at radius 3 is 2.62 bits per heavy atom. The van der Waals surface area contributed by atoms with E-state index in [-0.39, 0.29) is 0 Å². The van der Waals surface area contributed by atoms with Crippen molar-refractivity contribution in [2.75, 3.05) is 13.2 Å². The van der Waals surface area contributed by atoms with E-state index in [0.29, 0.717) is 25.5 Å². The van der Waals surface area contributed by atoms with Crippen LogP contribution in [0.25, 0.3) is 33.3 Å². The van der Waals surface area contributed by atoms with Gasteiger partial charge in [-0.25, -0.2) is 9.78 Å². The van der Waals surface area contributed by atoms with Crippen molar-refractivity contribution in [1.82, 2.24) is 10.3 Å². The standard InChI is InChI=1S/C26H28N2O4/c1-17-6-11-22-23(14-17)31-24(28-22)20-8-7-19-16-21(10-9-18(19)15-20)30-13-5-12-27-25(29)32-26(2,3)4/h6-11,14-16H,5,12-13H2,1-4H3,(H,27,29). The number of hydrogen-bond acceptors (Lipinski definition) is 5. The van der Waals surface area contributed by atoms with Crippen LogP contribution in [0.2, 0.25) is 0 Å². The van der Waals surface area contributed by atoms with Crippen molar-refractivity contribution in [1.29, 1.82) is 0 Å². The van der Waals surface area contributed by atoms with E-state index < -0.39 is 11.7 Å². The average Bonchev–Trinajstić information content (AvgIpc) is 3.15. The first kappa shape index (κ1) is 21.7. The van der Waals surface area contributed by atoms with Crippen molar-refractivity contribution in [3.8, 4) is 17.2 Å². The summed E-state index contributed by atoms with van der Waals surface area (Å²) in [6.45, 7) is 8.55. The van der Waals surface area contributed by atoms with Crippen LogP contribution >= 0.6 is 0 Å². The minimum absolute atomic E-state index is 0.409. The van der Waals surface area contributed by atoms with Crippen molar-refractivity contribution >= 4 is 28.0 Å². The molecule has 6 heteroatoms. The maximum absolute atomic E-state index is 11.6. The third kappa shape index (κ3) is 5.38. The van der Waals surface area contributed by atoms with E-state index in [1.165, 1.54) is 0 Å². The number of carbonyl (C=O) groups excluding carboxylic acids is 1. The average molecular weight is 433 g/mol. The Labute approximate surface area is 187 Å². The minimum Gasteiger partial charge on any atom is -0.494 e. The molecule has 6 nitrogen and oxygen atoms in total. The predicted molar refractivity (Wildman–Crippen MR) is 126 cm³/mol. The summed E-state index contributed by atoms with van der Waals surface area (Å²) in [7, 11) is 0. The van der Waals surface area contributed by atoms with E-state index in [9.17, 15) is 4.79 Å². The number of rotatable bonds is 6. The molecule has 0 saturated heterocycles. The molecule has 0 aliphatic rings. The summed E-state index contributed by atoms with van der Waals surface area (Å²) in [6.07, 6.45) is 0.279. The van der Waals surface area contributed by atoms with Gasteiger partial charge in [0, 0.05) is 12.1 Å². The van der Waals surface area contributed by atoms with Crippen LogP contribution < -0.4 is 10.1 Å². The molecule has 3 aromatic carbocycles. The summed E-state index contributed by atoms with van der Waals surface area (Å²) in [5.74, 6) is 1.41. The Morgan fingerprint density at radius 2 is 1.81 bits per heavy atom. The van der Waals surface area contributed by atoms with Crippen LogP contribution in [0.5, 0.6) is 5.75 Å². The van der Waals surface area contributed by atoms with Gasteiger partial charge >= 0.3 is 6.09 Å². The number of fused-ring (bicyclic) bond motifs is 2. The summed E-state index contributed by atoms with van der Waals surface area (Å²) in [6, 6.07) is 18.1. The molecule has 4 rings (SSSR count). The van der Waals surface area contributed by atoms with Crippen molar-refractivity contribution < 1.29 is 18.7 Å². The van der Waals surface area contributed by atoms with Gasteiger partial charge in [-0.1, -0.05) is 18.2 Å². The smallest absolute Gasteiger partial charge is 0.407 e. The monoisotopic (exact) mass is 432 g/mol. The van der Waals surface area contributed by atoms with Crippen molar-refractivity contribution in [2.24, 2.45) is 0 Å². The van der Waals surface area contributed by atoms with E-state index in [0.717, 1.165) is 38.7 Å². The summed E-state index contributed by atoms with van der Waals surface area (Å²) in [4.78, 5) is 16.3. The predicted octanol–water partition coefficient (Wildman–Crippen LogP) is 6.25.